The van der Waals surface area contributed by atoms with Crippen molar-refractivity contribution in [3.8, 4) is 5.75 Å². The van der Waals surface area contributed by atoms with Gasteiger partial charge in [0.05, 0.1) is 17.8 Å². The number of carbonyl (C=O) groups excluding carboxylic acids is 2. The van der Waals surface area contributed by atoms with Gasteiger partial charge in [-0.3, -0.25) is 4.79 Å². The Morgan fingerprint density at radius 3 is 2.45 bits per heavy atom. The first-order valence-electron chi connectivity index (χ1n) is 10.8. The van der Waals surface area contributed by atoms with Crippen LogP contribution in [0.1, 0.15) is 31.2 Å². The molecule has 2 aliphatic heterocycles. The monoisotopic (exact) mass is 472 g/mol. The van der Waals surface area contributed by atoms with Gasteiger partial charge in [-0.2, -0.15) is 0 Å². The van der Waals surface area contributed by atoms with Gasteiger partial charge in [0.25, 0.3) is 0 Å². The zero-order valence-electron chi connectivity index (χ0n) is 18.2. The van der Waals surface area contributed by atoms with E-state index in [2.05, 4.69) is 10.6 Å². The van der Waals surface area contributed by atoms with Crippen LogP contribution in [0.25, 0.3) is 6.08 Å². The van der Waals surface area contributed by atoms with Crippen LogP contribution in [-0.4, -0.2) is 42.1 Å². The summed E-state index contributed by atoms with van der Waals surface area (Å²) in [5, 5.41) is 6.31. The predicted molar refractivity (Wildman–Crippen MR) is 127 cm³/mol. The minimum absolute atomic E-state index is 0.0818. The summed E-state index contributed by atoms with van der Waals surface area (Å²) in [6.45, 7) is 0. The summed E-state index contributed by atoms with van der Waals surface area (Å²) >= 11 is 6.15. The molecule has 0 saturated carbocycles. The lowest BCUT2D eigenvalue weighted by molar-refractivity contribution is -0.130. The van der Waals surface area contributed by atoms with Gasteiger partial charge in [0.15, 0.2) is 0 Å². The lowest BCUT2D eigenvalue weighted by Gasteiger charge is -2.39. The molecule has 3 atom stereocenters. The fraction of sp³-hybridized carbons (Fsp3) is 0.333. The maximum Gasteiger partial charge on any atom is 0.316 e. The molecule has 2 aromatic carbocycles. The molecule has 4 rings (SSSR count). The number of anilines is 2. The van der Waals surface area contributed by atoms with Crippen LogP contribution in [0.5, 0.6) is 5.75 Å². The first kappa shape index (κ1) is 22.9. The van der Waals surface area contributed by atoms with Crippen molar-refractivity contribution in [2.24, 2.45) is 5.73 Å². The summed E-state index contributed by atoms with van der Waals surface area (Å²) in [5.74, 6) is 0.0773. The molecule has 33 heavy (non-hydrogen) atoms. The predicted octanol–water partition coefficient (Wildman–Crippen LogP) is 4.63. The van der Waals surface area contributed by atoms with Crippen LogP contribution in [0.15, 0.2) is 42.5 Å². The van der Waals surface area contributed by atoms with Crippen LogP contribution in [-0.2, 0) is 4.79 Å². The highest BCUT2D eigenvalue weighted by Gasteiger charge is 2.42. The number of nitrogens with one attached hydrogen (secondary N) is 2. The molecule has 0 unspecified atom stereocenters. The van der Waals surface area contributed by atoms with E-state index in [9.17, 15) is 14.0 Å². The van der Waals surface area contributed by atoms with Crippen molar-refractivity contribution >= 4 is 41.0 Å². The second-order valence-corrected chi connectivity index (χ2v) is 8.75. The quantitative estimate of drug-likeness (QED) is 0.534. The Bertz CT molecular complexity index is 1060. The molecule has 4 N–H and O–H groups in total. The molecule has 2 heterocycles. The van der Waals surface area contributed by atoms with Gasteiger partial charge in [-0.1, -0.05) is 11.6 Å². The van der Waals surface area contributed by atoms with Crippen molar-refractivity contribution in [1.82, 2.24) is 4.90 Å². The largest absolute Gasteiger partial charge is 0.495 e. The second kappa shape index (κ2) is 9.70. The Morgan fingerprint density at radius 2 is 1.85 bits per heavy atom. The fourth-order valence-corrected chi connectivity index (χ4v) is 5.03. The van der Waals surface area contributed by atoms with Crippen molar-refractivity contribution in [2.45, 2.75) is 43.8 Å². The summed E-state index contributed by atoms with van der Waals surface area (Å²) in [4.78, 5) is 26.4. The Hall–Kier alpha value is -3.26. The van der Waals surface area contributed by atoms with Crippen LogP contribution in [0, 0.1) is 5.82 Å². The van der Waals surface area contributed by atoms with Crippen molar-refractivity contribution < 1.29 is 18.7 Å². The molecule has 0 spiro atoms. The second-order valence-electron chi connectivity index (χ2n) is 8.35. The molecule has 0 aromatic heterocycles. The smallest absolute Gasteiger partial charge is 0.316 e. The van der Waals surface area contributed by atoms with Crippen LogP contribution in [0.3, 0.4) is 0 Å². The highest BCUT2D eigenvalue weighted by atomic mass is 35.5. The number of amides is 3. The van der Waals surface area contributed by atoms with Gasteiger partial charge in [-0.05, 0) is 68.2 Å². The number of primary amides is 1. The van der Waals surface area contributed by atoms with Gasteiger partial charge in [0.2, 0.25) is 5.91 Å². The molecule has 3 amide bonds. The number of methoxy groups -OCH3 is 1. The third kappa shape index (κ3) is 5.22. The van der Waals surface area contributed by atoms with Gasteiger partial charge in [0.1, 0.15) is 11.6 Å². The first-order valence-corrected chi connectivity index (χ1v) is 11.2. The molecule has 2 aliphatic rings. The van der Waals surface area contributed by atoms with Crippen molar-refractivity contribution in [1.29, 1.82) is 0 Å². The molecule has 0 radical (unpaired) electrons. The van der Waals surface area contributed by atoms with E-state index in [4.69, 9.17) is 22.1 Å². The average molecular weight is 473 g/mol. The Balaban J connectivity index is 1.46. The summed E-state index contributed by atoms with van der Waals surface area (Å²) in [6, 6.07) is 9.30. The maximum absolute atomic E-state index is 13.2. The van der Waals surface area contributed by atoms with Gasteiger partial charge in [-0.15, -0.1) is 0 Å². The topological polar surface area (TPSA) is 96.7 Å². The van der Waals surface area contributed by atoms with Crippen molar-refractivity contribution in [3.63, 3.8) is 0 Å². The number of nitrogens with zero attached hydrogens (tertiary/aromatic N) is 1. The first-order chi connectivity index (χ1) is 15.8. The standard InChI is InChI=1S/C24H26ClFN4O3/c1-33-22-10-14(21(13-20(22)25)29-24(27)32)2-9-23(31)30-18-7-8-19(30)12-17(11-18)28-16-5-3-15(26)4-6-16/h2-6,9-10,13,17-19,28H,7-8,11-12H2,1H3,(H3,27,29,32)/b9-2+/t17-,18+,19-. The van der Waals surface area contributed by atoms with E-state index in [-0.39, 0.29) is 29.8 Å². The fourth-order valence-electron chi connectivity index (χ4n) is 4.79. The summed E-state index contributed by atoms with van der Waals surface area (Å²) in [5.41, 5.74) is 7.09. The molecule has 7 nitrogen and oxygen atoms in total. The van der Waals surface area contributed by atoms with E-state index in [0.717, 1.165) is 31.4 Å². The Labute approximate surface area is 196 Å². The van der Waals surface area contributed by atoms with Crippen LogP contribution >= 0.6 is 11.6 Å². The number of hydrogen-bond acceptors (Lipinski definition) is 4. The Morgan fingerprint density at radius 1 is 1.18 bits per heavy atom. The number of benzene rings is 2. The summed E-state index contributed by atoms with van der Waals surface area (Å²) < 4.78 is 18.4. The highest BCUT2D eigenvalue weighted by Crippen LogP contribution is 2.37. The number of carbonyl (C=O) groups is 2. The molecule has 9 heteroatoms. The van der Waals surface area contributed by atoms with Crippen molar-refractivity contribution in [2.75, 3.05) is 17.7 Å². The van der Waals surface area contributed by atoms with Crippen molar-refractivity contribution in [3.05, 3.63) is 58.9 Å². The number of fused-ring (bicyclic) bond motifs is 2. The van der Waals surface area contributed by atoms with E-state index >= 15 is 0 Å². The lowest BCUT2D eigenvalue weighted by Crippen LogP contribution is -2.49. The average Bonchev–Trinajstić information content (AvgIpc) is 3.04. The van der Waals surface area contributed by atoms with E-state index in [1.165, 1.54) is 31.4 Å². The third-order valence-electron chi connectivity index (χ3n) is 6.19. The van der Waals surface area contributed by atoms with E-state index in [0.29, 0.717) is 22.0 Å². The number of piperidine rings is 1. The molecule has 0 aliphatic carbocycles. The SMILES string of the molecule is COc1cc(/C=C/C(=O)N2[C@@H]3CC[C@H]2C[C@@H](Nc2ccc(F)cc2)C3)c(NC(N)=O)cc1Cl. The van der Waals surface area contributed by atoms with Gasteiger partial charge >= 0.3 is 6.03 Å². The Kier molecular flexibility index (Phi) is 6.74. The molecule has 2 aromatic rings. The number of nitrogens with two attached hydrogens (primary N) is 1. The molecule has 2 saturated heterocycles. The minimum Gasteiger partial charge on any atom is -0.495 e. The van der Waals surface area contributed by atoms with Crippen LogP contribution < -0.4 is 21.1 Å². The molecular formula is C24H26ClFN4O3. The molecule has 174 valence electrons. The van der Waals surface area contributed by atoms with Gasteiger partial charge < -0.3 is 26.0 Å². The highest BCUT2D eigenvalue weighted by molar-refractivity contribution is 6.32. The number of ether oxygens (including phenoxy) is 1. The zero-order valence-corrected chi connectivity index (χ0v) is 18.9. The normalized spacial score (nSPS) is 21.8. The molecule has 2 fully saturated rings. The number of rotatable bonds is 6. The third-order valence-corrected chi connectivity index (χ3v) is 6.49. The maximum atomic E-state index is 13.2. The molecule has 2 bridgehead atoms. The van der Waals surface area contributed by atoms with Crippen LogP contribution in [0.2, 0.25) is 5.02 Å². The lowest BCUT2D eigenvalue weighted by atomic mass is 9.96. The van der Waals surface area contributed by atoms with E-state index in [1.54, 1.807) is 24.3 Å². The molecular weight excluding hydrogens is 447 g/mol. The zero-order chi connectivity index (χ0) is 23.5. The van der Waals surface area contributed by atoms with Gasteiger partial charge in [0, 0.05) is 35.5 Å². The summed E-state index contributed by atoms with van der Waals surface area (Å²) in [7, 11) is 1.49. The number of urea groups is 1. The summed E-state index contributed by atoms with van der Waals surface area (Å²) in [6.07, 6.45) is 6.71. The number of hydrogen-bond donors (Lipinski definition) is 3. The van der Waals surface area contributed by atoms with E-state index < -0.39 is 6.03 Å². The minimum atomic E-state index is -0.731. The van der Waals surface area contributed by atoms with E-state index in [1.807, 2.05) is 4.90 Å². The van der Waals surface area contributed by atoms with Gasteiger partial charge in [-0.25, -0.2) is 9.18 Å². The van der Waals surface area contributed by atoms with Crippen LogP contribution in [0.4, 0.5) is 20.6 Å². The number of halogens is 2.